The monoisotopic (exact) mass is 355 g/mol. The van der Waals surface area contributed by atoms with Crippen LogP contribution in [-0.2, 0) is 0 Å². The minimum atomic E-state index is -0.523. The number of non-ortho nitro benzene ring substituents is 1. The van der Waals surface area contributed by atoms with Crippen LogP contribution in [0.25, 0.3) is 0 Å². The van der Waals surface area contributed by atoms with Gasteiger partial charge in [-0.05, 0) is 30.5 Å². The van der Waals surface area contributed by atoms with E-state index in [2.05, 4.69) is 22.3 Å². The fraction of sp³-hybridized carbons (Fsp3) is 0.316. The zero-order valence-electron chi connectivity index (χ0n) is 14.6. The average molecular weight is 355 g/mol. The Morgan fingerprint density at radius 3 is 2.77 bits per heavy atom. The van der Waals surface area contributed by atoms with E-state index in [1.807, 2.05) is 18.2 Å². The molecule has 2 aromatic carbocycles. The molecule has 1 heterocycles. The number of carbonyl (C=O) groups is 1. The van der Waals surface area contributed by atoms with Crippen molar-refractivity contribution in [2.24, 2.45) is 5.92 Å². The van der Waals surface area contributed by atoms with Crippen LogP contribution >= 0.6 is 0 Å². The third-order valence-corrected chi connectivity index (χ3v) is 4.60. The number of nitrogens with one attached hydrogen (secondary N) is 1. The van der Waals surface area contributed by atoms with Crippen molar-refractivity contribution >= 4 is 17.3 Å². The van der Waals surface area contributed by atoms with E-state index in [1.54, 1.807) is 0 Å². The Morgan fingerprint density at radius 2 is 2.08 bits per heavy atom. The number of anilines is 1. The van der Waals surface area contributed by atoms with Gasteiger partial charge < -0.3 is 15.0 Å². The minimum absolute atomic E-state index is 0.132. The summed E-state index contributed by atoms with van der Waals surface area (Å²) in [6.07, 6.45) is 0.987. The fourth-order valence-electron chi connectivity index (χ4n) is 3.19. The lowest BCUT2D eigenvalue weighted by Crippen LogP contribution is -2.31. The SMILES string of the molecule is COc1ccc([N+](=O)[O-])cc1C(=O)NC[C@H]1CCN(c2ccccc2)C1. The summed E-state index contributed by atoms with van der Waals surface area (Å²) in [6, 6.07) is 14.2. The van der Waals surface area contributed by atoms with Gasteiger partial charge in [-0.1, -0.05) is 18.2 Å². The second kappa shape index (κ2) is 7.86. The molecule has 0 unspecified atom stereocenters. The maximum Gasteiger partial charge on any atom is 0.270 e. The van der Waals surface area contributed by atoms with E-state index in [0.717, 1.165) is 19.5 Å². The van der Waals surface area contributed by atoms with Gasteiger partial charge in [-0.2, -0.15) is 0 Å². The van der Waals surface area contributed by atoms with Crippen molar-refractivity contribution in [3.05, 3.63) is 64.2 Å². The molecule has 0 saturated carbocycles. The Hall–Kier alpha value is -3.09. The number of nitro benzene ring substituents is 1. The molecule has 1 N–H and O–H groups in total. The van der Waals surface area contributed by atoms with Crippen LogP contribution < -0.4 is 15.0 Å². The lowest BCUT2D eigenvalue weighted by Gasteiger charge is -2.18. The number of hydrogen-bond donors (Lipinski definition) is 1. The third kappa shape index (κ3) is 3.93. The summed E-state index contributed by atoms with van der Waals surface area (Å²) in [5, 5.41) is 13.8. The van der Waals surface area contributed by atoms with Crippen LogP contribution in [0.1, 0.15) is 16.8 Å². The van der Waals surface area contributed by atoms with Gasteiger partial charge in [0.05, 0.1) is 17.6 Å². The summed E-state index contributed by atoms with van der Waals surface area (Å²) in [7, 11) is 1.44. The first-order chi connectivity index (χ1) is 12.6. The first-order valence-electron chi connectivity index (χ1n) is 8.49. The summed E-state index contributed by atoms with van der Waals surface area (Å²) in [4.78, 5) is 25.2. The van der Waals surface area contributed by atoms with Crippen molar-refractivity contribution in [3.8, 4) is 5.75 Å². The molecule has 0 aromatic heterocycles. The van der Waals surface area contributed by atoms with Crippen molar-refractivity contribution in [3.63, 3.8) is 0 Å². The maximum absolute atomic E-state index is 12.5. The Labute approximate surface area is 151 Å². The molecule has 1 atom stereocenters. The first kappa shape index (κ1) is 17.7. The van der Waals surface area contributed by atoms with Crippen molar-refractivity contribution in [1.82, 2.24) is 5.32 Å². The Morgan fingerprint density at radius 1 is 1.31 bits per heavy atom. The van der Waals surface area contributed by atoms with Gasteiger partial charge in [-0.25, -0.2) is 0 Å². The number of rotatable bonds is 6. The normalized spacial score (nSPS) is 16.3. The lowest BCUT2D eigenvalue weighted by atomic mass is 10.1. The maximum atomic E-state index is 12.5. The van der Waals surface area contributed by atoms with Gasteiger partial charge in [0.2, 0.25) is 0 Å². The zero-order chi connectivity index (χ0) is 18.5. The van der Waals surface area contributed by atoms with Gasteiger partial charge in [0, 0.05) is 37.5 Å². The highest BCUT2D eigenvalue weighted by atomic mass is 16.6. The zero-order valence-corrected chi connectivity index (χ0v) is 14.6. The number of methoxy groups -OCH3 is 1. The number of carbonyl (C=O) groups excluding carboxylic acids is 1. The third-order valence-electron chi connectivity index (χ3n) is 4.60. The van der Waals surface area contributed by atoms with Gasteiger partial charge in [0.1, 0.15) is 5.75 Å². The van der Waals surface area contributed by atoms with Gasteiger partial charge in [-0.3, -0.25) is 14.9 Å². The molecular weight excluding hydrogens is 334 g/mol. The topological polar surface area (TPSA) is 84.7 Å². The molecule has 0 radical (unpaired) electrons. The first-order valence-corrected chi connectivity index (χ1v) is 8.49. The Kier molecular flexibility index (Phi) is 5.36. The molecular formula is C19H21N3O4. The van der Waals surface area contributed by atoms with Crippen LogP contribution in [0.2, 0.25) is 0 Å². The largest absolute Gasteiger partial charge is 0.496 e. The predicted molar refractivity (Wildman–Crippen MR) is 98.7 cm³/mol. The standard InChI is InChI=1S/C19H21N3O4/c1-26-18-8-7-16(22(24)25)11-17(18)19(23)20-12-14-9-10-21(13-14)15-5-3-2-4-6-15/h2-8,11,14H,9-10,12-13H2,1H3,(H,20,23)/t14-/m1/s1. The molecule has 1 aliphatic rings. The van der Waals surface area contributed by atoms with Gasteiger partial charge in [0.15, 0.2) is 0 Å². The molecule has 1 aliphatic heterocycles. The molecule has 0 spiro atoms. The second-order valence-electron chi connectivity index (χ2n) is 6.29. The minimum Gasteiger partial charge on any atom is -0.496 e. The highest BCUT2D eigenvalue weighted by Gasteiger charge is 2.24. The average Bonchev–Trinajstić information content (AvgIpc) is 3.15. The van der Waals surface area contributed by atoms with Crippen LogP contribution in [-0.4, -0.2) is 37.6 Å². The lowest BCUT2D eigenvalue weighted by molar-refractivity contribution is -0.384. The van der Waals surface area contributed by atoms with Gasteiger partial charge in [-0.15, -0.1) is 0 Å². The Balaban J connectivity index is 1.61. The van der Waals surface area contributed by atoms with E-state index in [-0.39, 0.29) is 17.2 Å². The number of hydrogen-bond acceptors (Lipinski definition) is 5. The number of amides is 1. The molecule has 2 aromatic rings. The summed E-state index contributed by atoms with van der Waals surface area (Å²) >= 11 is 0. The number of nitro groups is 1. The molecule has 0 bridgehead atoms. The van der Waals surface area contributed by atoms with E-state index in [4.69, 9.17) is 4.74 Å². The highest BCUT2D eigenvalue weighted by Crippen LogP contribution is 2.25. The molecule has 26 heavy (non-hydrogen) atoms. The van der Waals surface area contributed by atoms with E-state index in [0.29, 0.717) is 18.2 Å². The number of ether oxygens (including phenoxy) is 1. The van der Waals surface area contributed by atoms with Crippen LogP contribution in [0, 0.1) is 16.0 Å². The van der Waals surface area contributed by atoms with Crippen LogP contribution in [0.3, 0.4) is 0 Å². The van der Waals surface area contributed by atoms with E-state index in [1.165, 1.54) is 31.0 Å². The molecule has 1 amide bonds. The van der Waals surface area contributed by atoms with Crippen molar-refractivity contribution in [2.45, 2.75) is 6.42 Å². The van der Waals surface area contributed by atoms with Gasteiger partial charge >= 0.3 is 0 Å². The fourth-order valence-corrected chi connectivity index (χ4v) is 3.19. The van der Waals surface area contributed by atoms with Crippen LogP contribution in [0.4, 0.5) is 11.4 Å². The second-order valence-corrected chi connectivity index (χ2v) is 6.29. The highest BCUT2D eigenvalue weighted by molar-refractivity contribution is 5.97. The molecule has 3 rings (SSSR count). The molecule has 7 heteroatoms. The quantitative estimate of drug-likeness (QED) is 0.636. The van der Waals surface area contributed by atoms with Crippen LogP contribution in [0.5, 0.6) is 5.75 Å². The number of nitrogens with zero attached hydrogens (tertiary/aromatic N) is 2. The molecule has 0 aliphatic carbocycles. The van der Waals surface area contributed by atoms with Crippen molar-refractivity contribution in [2.75, 3.05) is 31.6 Å². The molecule has 1 fully saturated rings. The van der Waals surface area contributed by atoms with E-state index >= 15 is 0 Å². The number of para-hydroxylation sites is 1. The predicted octanol–water partition coefficient (Wildman–Crippen LogP) is 2.86. The van der Waals surface area contributed by atoms with Crippen molar-refractivity contribution in [1.29, 1.82) is 0 Å². The van der Waals surface area contributed by atoms with Crippen LogP contribution in [0.15, 0.2) is 48.5 Å². The molecule has 1 saturated heterocycles. The number of benzene rings is 2. The van der Waals surface area contributed by atoms with E-state index in [9.17, 15) is 14.9 Å². The Bertz CT molecular complexity index is 795. The molecule has 7 nitrogen and oxygen atoms in total. The summed E-state index contributed by atoms with van der Waals surface area (Å²) in [5.74, 6) is 0.304. The van der Waals surface area contributed by atoms with Crippen molar-refractivity contribution < 1.29 is 14.5 Å². The smallest absolute Gasteiger partial charge is 0.270 e. The summed E-state index contributed by atoms with van der Waals surface area (Å²) in [6.45, 7) is 2.34. The van der Waals surface area contributed by atoms with Gasteiger partial charge in [0.25, 0.3) is 11.6 Å². The summed E-state index contributed by atoms with van der Waals surface area (Å²) in [5.41, 5.74) is 1.23. The molecule has 136 valence electrons. The van der Waals surface area contributed by atoms with E-state index < -0.39 is 4.92 Å². The summed E-state index contributed by atoms with van der Waals surface area (Å²) < 4.78 is 5.16.